The standard InChI is InChI=1S/C19H20N2O9S/c1-8(22)29-11-5-4-10(6-12(11)30-9(2)23)18(27)28-7-19(3)14(17(25)26)21-15(24)13(20)16(21)31-19/h4-6,13-14,16H,7,20H2,1-3H3,(H,25,26). The van der Waals surface area contributed by atoms with Gasteiger partial charge >= 0.3 is 23.9 Å². The number of carbonyl (C=O) groups excluding carboxylic acids is 4. The summed E-state index contributed by atoms with van der Waals surface area (Å²) in [7, 11) is 0. The molecule has 1 aromatic rings. The molecule has 4 atom stereocenters. The van der Waals surface area contributed by atoms with Crippen LogP contribution in [0.2, 0.25) is 0 Å². The summed E-state index contributed by atoms with van der Waals surface area (Å²) < 4.78 is 14.1. The second-order valence-electron chi connectivity index (χ2n) is 7.26. The van der Waals surface area contributed by atoms with Crippen LogP contribution in [0.1, 0.15) is 31.1 Å². The molecule has 0 aliphatic carbocycles. The average Bonchev–Trinajstić information content (AvgIpc) is 2.97. The number of thioether (sulfide) groups is 1. The lowest BCUT2D eigenvalue weighted by molar-refractivity contribution is -0.159. The van der Waals surface area contributed by atoms with Crippen LogP contribution in [0.3, 0.4) is 0 Å². The van der Waals surface area contributed by atoms with E-state index in [0.717, 1.165) is 18.7 Å². The largest absolute Gasteiger partial charge is 0.480 e. The molecule has 2 aliphatic rings. The molecule has 3 rings (SSSR count). The molecule has 166 valence electrons. The molecule has 2 heterocycles. The Morgan fingerprint density at radius 1 is 1.16 bits per heavy atom. The molecule has 4 unspecified atom stereocenters. The summed E-state index contributed by atoms with van der Waals surface area (Å²) >= 11 is 1.16. The highest BCUT2D eigenvalue weighted by molar-refractivity contribution is 8.01. The molecule has 0 aromatic heterocycles. The molecular formula is C19H20N2O9S. The Bertz CT molecular complexity index is 981. The molecular weight excluding hydrogens is 432 g/mol. The van der Waals surface area contributed by atoms with Gasteiger partial charge in [-0.2, -0.15) is 0 Å². The molecule has 12 heteroatoms. The summed E-state index contributed by atoms with van der Waals surface area (Å²) in [5.41, 5.74) is 5.74. The van der Waals surface area contributed by atoms with E-state index >= 15 is 0 Å². The Hall–Kier alpha value is -3.12. The molecule has 1 amide bonds. The number of aliphatic carboxylic acids is 1. The summed E-state index contributed by atoms with van der Waals surface area (Å²) in [6, 6.07) is 1.74. The van der Waals surface area contributed by atoms with E-state index in [4.69, 9.17) is 19.9 Å². The molecule has 0 bridgehead atoms. The second-order valence-corrected chi connectivity index (χ2v) is 8.91. The van der Waals surface area contributed by atoms with E-state index in [2.05, 4.69) is 0 Å². The monoisotopic (exact) mass is 452 g/mol. The minimum atomic E-state index is -1.23. The fourth-order valence-corrected chi connectivity index (χ4v) is 5.07. The highest BCUT2D eigenvalue weighted by atomic mass is 32.2. The van der Waals surface area contributed by atoms with Gasteiger partial charge in [-0.3, -0.25) is 14.4 Å². The number of rotatable bonds is 6. The van der Waals surface area contributed by atoms with Gasteiger partial charge in [-0.25, -0.2) is 9.59 Å². The fourth-order valence-electron chi connectivity index (χ4n) is 3.44. The topological polar surface area (TPSA) is 163 Å². The van der Waals surface area contributed by atoms with Crippen LogP contribution in [0.4, 0.5) is 0 Å². The van der Waals surface area contributed by atoms with Crippen molar-refractivity contribution in [2.45, 2.75) is 43.0 Å². The predicted octanol–water partition coefficient (Wildman–Crippen LogP) is 0.148. The van der Waals surface area contributed by atoms with Crippen molar-refractivity contribution < 1.29 is 43.3 Å². The van der Waals surface area contributed by atoms with Gasteiger partial charge in [0.05, 0.1) is 10.3 Å². The van der Waals surface area contributed by atoms with Crippen molar-refractivity contribution in [3.63, 3.8) is 0 Å². The van der Waals surface area contributed by atoms with Crippen molar-refractivity contribution >= 4 is 41.5 Å². The van der Waals surface area contributed by atoms with Crippen LogP contribution in [0.15, 0.2) is 18.2 Å². The van der Waals surface area contributed by atoms with Crippen LogP contribution in [0.25, 0.3) is 0 Å². The Morgan fingerprint density at radius 3 is 2.35 bits per heavy atom. The third-order valence-corrected chi connectivity index (χ3v) is 6.42. The molecule has 3 N–H and O–H groups in total. The number of fused-ring (bicyclic) bond motifs is 1. The lowest BCUT2D eigenvalue weighted by atomic mass is 9.95. The summed E-state index contributed by atoms with van der Waals surface area (Å²) in [5.74, 6) is -4.05. The lowest BCUT2D eigenvalue weighted by Gasteiger charge is -2.41. The van der Waals surface area contributed by atoms with Crippen molar-refractivity contribution in [2.75, 3.05) is 6.61 Å². The van der Waals surface area contributed by atoms with E-state index < -0.39 is 52.0 Å². The first kappa shape index (κ1) is 22.6. The summed E-state index contributed by atoms with van der Waals surface area (Å²) in [5, 5.41) is 9.10. The molecule has 2 aliphatic heterocycles. The first-order valence-corrected chi connectivity index (χ1v) is 9.99. The molecule has 1 aromatic carbocycles. The van der Waals surface area contributed by atoms with Gasteiger partial charge in [0.15, 0.2) is 11.5 Å². The average molecular weight is 452 g/mol. The quantitative estimate of drug-likeness (QED) is 0.343. The minimum absolute atomic E-state index is 0.0123. The number of carboxylic acid groups (broad SMARTS) is 1. The Kier molecular flexibility index (Phi) is 5.96. The van der Waals surface area contributed by atoms with Gasteiger partial charge in [-0.1, -0.05) is 0 Å². The van der Waals surface area contributed by atoms with Gasteiger partial charge < -0.3 is 30.0 Å². The number of hydrogen-bond acceptors (Lipinski definition) is 10. The van der Waals surface area contributed by atoms with Crippen LogP contribution < -0.4 is 15.2 Å². The molecule has 31 heavy (non-hydrogen) atoms. The van der Waals surface area contributed by atoms with Gasteiger partial charge in [0.25, 0.3) is 0 Å². The summed E-state index contributed by atoms with van der Waals surface area (Å²) in [6.07, 6.45) is 0. The predicted molar refractivity (Wildman–Crippen MR) is 105 cm³/mol. The van der Waals surface area contributed by atoms with Crippen LogP contribution in [-0.2, 0) is 23.9 Å². The maximum atomic E-state index is 12.6. The van der Waals surface area contributed by atoms with Crippen molar-refractivity contribution in [3.05, 3.63) is 23.8 Å². The molecule has 2 fully saturated rings. The highest BCUT2D eigenvalue weighted by Gasteiger charge is 2.64. The van der Waals surface area contributed by atoms with Crippen molar-refractivity contribution in [2.24, 2.45) is 5.73 Å². The van der Waals surface area contributed by atoms with Crippen LogP contribution >= 0.6 is 11.8 Å². The first-order chi connectivity index (χ1) is 14.4. The number of hydrogen-bond donors (Lipinski definition) is 2. The molecule has 0 spiro atoms. The van der Waals surface area contributed by atoms with Crippen molar-refractivity contribution in [3.8, 4) is 11.5 Å². The minimum Gasteiger partial charge on any atom is -0.480 e. The number of carboxylic acids is 1. The number of carbonyl (C=O) groups is 5. The SMILES string of the molecule is CC(=O)Oc1ccc(C(=O)OCC2(C)SC3C(N)C(=O)N3C2C(=O)O)cc1OC(C)=O. The van der Waals surface area contributed by atoms with E-state index in [1.165, 1.54) is 30.0 Å². The van der Waals surface area contributed by atoms with Gasteiger partial charge in [-0.15, -0.1) is 11.8 Å². The van der Waals surface area contributed by atoms with Gasteiger partial charge in [0.1, 0.15) is 24.1 Å². The number of nitrogens with zero attached hydrogens (tertiary/aromatic N) is 1. The maximum absolute atomic E-state index is 12.6. The Labute approximate surface area is 180 Å². The van der Waals surface area contributed by atoms with E-state index in [-0.39, 0.29) is 23.7 Å². The number of benzene rings is 1. The van der Waals surface area contributed by atoms with E-state index in [0.29, 0.717) is 0 Å². The molecule has 11 nitrogen and oxygen atoms in total. The van der Waals surface area contributed by atoms with Crippen LogP contribution in [0, 0.1) is 0 Å². The third-order valence-electron chi connectivity index (χ3n) is 4.78. The highest BCUT2D eigenvalue weighted by Crippen LogP contribution is 2.50. The maximum Gasteiger partial charge on any atom is 0.338 e. The molecule has 0 saturated carbocycles. The zero-order chi connectivity index (χ0) is 23.1. The number of β-lactam (4-membered cyclic amide) rings is 1. The lowest BCUT2D eigenvalue weighted by Crippen LogP contribution is -2.69. The Morgan fingerprint density at radius 2 is 1.77 bits per heavy atom. The zero-order valence-corrected chi connectivity index (χ0v) is 17.6. The number of nitrogens with two attached hydrogens (primary N) is 1. The Balaban J connectivity index is 1.77. The normalized spacial score (nSPS) is 26.5. The van der Waals surface area contributed by atoms with E-state index in [1.54, 1.807) is 6.92 Å². The summed E-state index contributed by atoms with van der Waals surface area (Å²) in [4.78, 5) is 60.0. The van der Waals surface area contributed by atoms with E-state index in [9.17, 15) is 29.1 Å². The smallest absolute Gasteiger partial charge is 0.338 e. The number of esters is 3. The first-order valence-electron chi connectivity index (χ1n) is 9.11. The molecule has 2 saturated heterocycles. The third kappa shape index (κ3) is 4.21. The second kappa shape index (κ2) is 8.19. The van der Waals surface area contributed by atoms with Crippen LogP contribution in [-0.4, -0.2) is 68.6 Å². The number of amides is 1. The number of ether oxygens (including phenoxy) is 3. The van der Waals surface area contributed by atoms with Crippen molar-refractivity contribution in [1.29, 1.82) is 0 Å². The van der Waals surface area contributed by atoms with E-state index in [1.807, 2.05) is 0 Å². The zero-order valence-electron chi connectivity index (χ0n) is 16.8. The van der Waals surface area contributed by atoms with Gasteiger partial charge in [-0.05, 0) is 25.1 Å². The van der Waals surface area contributed by atoms with Crippen molar-refractivity contribution in [1.82, 2.24) is 4.90 Å². The van der Waals surface area contributed by atoms with Gasteiger partial charge in [0.2, 0.25) is 5.91 Å². The summed E-state index contributed by atoms with van der Waals surface area (Å²) in [6.45, 7) is 3.58. The molecule has 0 radical (unpaired) electrons. The van der Waals surface area contributed by atoms with Gasteiger partial charge in [0, 0.05) is 13.8 Å². The fraction of sp³-hybridized carbons (Fsp3) is 0.421. The van der Waals surface area contributed by atoms with Crippen LogP contribution in [0.5, 0.6) is 11.5 Å².